The third kappa shape index (κ3) is 2.78. The monoisotopic (exact) mass is 437 g/mol. The topological polar surface area (TPSA) is 98.3 Å². The van der Waals surface area contributed by atoms with Crippen molar-refractivity contribution >= 4 is 28.5 Å². The molecule has 33 heavy (non-hydrogen) atoms. The first-order valence-corrected chi connectivity index (χ1v) is 10.6. The van der Waals surface area contributed by atoms with Gasteiger partial charge in [0.1, 0.15) is 6.33 Å². The number of amides is 2. The first kappa shape index (κ1) is 19.3. The summed E-state index contributed by atoms with van der Waals surface area (Å²) in [5.74, 6) is -0.00101. The first-order chi connectivity index (χ1) is 16.0. The molecule has 0 aliphatic carbocycles. The van der Waals surface area contributed by atoms with E-state index in [4.69, 9.17) is 4.98 Å². The molecule has 4 aromatic heterocycles. The Morgan fingerprint density at radius 1 is 0.939 bits per heavy atom. The molecule has 1 aliphatic heterocycles. The van der Waals surface area contributed by atoms with E-state index in [2.05, 4.69) is 19.6 Å². The fraction of sp³-hybridized carbons (Fsp3) is 0.167. The maximum Gasteiger partial charge on any atom is 0.261 e. The number of carbonyl (C=O) groups is 2. The fourth-order valence-electron chi connectivity index (χ4n) is 4.47. The molecular weight excluding hydrogens is 418 g/mol. The lowest BCUT2D eigenvalue weighted by atomic mass is 10.1. The SMILES string of the molecule is Cc1c(C)n(-c2cccnc2)c2ncn3nc(CCN4C(=O)c5ccccc5C4=O)nc3c12. The van der Waals surface area contributed by atoms with Gasteiger partial charge in [-0.3, -0.25) is 24.0 Å². The van der Waals surface area contributed by atoms with Crippen LogP contribution in [0.3, 0.4) is 0 Å². The van der Waals surface area contributed by atoms with Crippen LogP contribution in [0.25, 0.3) is 22.4 Å². The normalized spacial score (nSPS) is 13.5. The van der Waals surface area contributed by atoms with Crippen LogP contribution < -0.4 is 0 Å². The predicted molar refractivity (Wildman–Crippen MR) is 120 cm³/mol. The summed E-state index contributed by atoms with van der Waals surface area (Å²) >= 11 is 0. The Hall–Kier alpha value is -4.40. The molecule has 0 fully saturated rings. The quantitative estimate of drug-likeness (QED) is 0.401. The van der Waals surface area contributed by atoms with Gasteiger partial charge in [0.15, 0.2) is 17.1 Å². The lowest BCUT2D eigenvalue weighted by molar-refractivity contribution is 0.0655. The third-order valence-corrected chi connectivity index (χ3v) is 6.22. The van der Waals surface area contributed by atoms with Crippen molar-refractivity contribution in [2.45, 2.75) is 20.3 Å². The van der Waals surface area contributed by atoms with Gasteiger partial charge in [0.2, 0.25) is 0 Å². The molecule has 5 aromatic rings. The molecule has 9 nitrogen and oxygen atoms in total. The van der Waals surface area contributed by atoms with Crippen molar-refractivity contribution in [3.8, 4) is 5.69 Å². The van der Waals surface area contributed by atoms with Crippen LogP contribution in [0.15, 0.2) is 55.1 Å². The zero-order chi connectivity index (χ0) is 22.7. The third-order valence-electron chi connectivity index (χ3n) is 6.22. The summed E-state index contributed by atoms with van der Waals surface area (Å²) in [7, 11) is 0. The highest BCUT2D eigenvalue weighted by Gasteiger charge is 2.34. The van der Waals surface area contributed by atoms with Crippen LogP contribution in [0, 0.1) is 13.8 Å². The maximum atomic E-state index is 12.6. The summed E-state index contributed by atoms with van der Waals surface area (Å²) in [5.41, 5.74) is 5.40. The summed E-state index contributed by atoms with van der Waals surface area (Å²) < 4.78 is 3.71. The number of aromatic nitrogens is 6. The highest BCUT2D eigenvalue weighted by Crippen LogP contribution is 2.29. The molecular formula is C24H19N7O2. The zero-order valence-electron chi connectivity index (χ0n) is 18.1. The van der Waals surface area contributed by atoms with Crippen molar-refractivity contribution in [1.29, 1.82) is 0 Å². The van der Waals surface area contributed by atoms with Gasteiger partial charge in [0.05, 0.1) is 28.4 Å². The number of carbonyl (C=O) groups excluding carboxylic acids is 2. The second-order valence-corrected chi connectivity index (χ2v) is 8.05. The molecule has 0 bridgehead atoms. The van der Waals surface area contributed by atoms with Crippen molar-refractivity contribution in [2.75, 3.05) is 6.54 Å². The number of imide groups is 1. The summed E-state index contributed by atoms with van der Waals surface area (Å²) in [4.78, 5) is 40.2. The first-order valence-electron chi connectivity index (χ1n) is 10.6. The Balaban J connectivity index is 1.36. The predicted octanol–water partition coefficient (Wildman–Crippen LogP) is 2.92. The fourth-order valence-corrected chi connectivity index (χ4v) is 4.47. The van der Waals surface area contributed by atoms with Gasteiger partial charge < -0.3 is 0 Å². The minimum absolute atomic E-state index is 0.217. The van der Waals surface area contributed by atoms with E-state index < -0.39 is 0 Å². The average Bonchev–Trinajstić information content (AvgIpc) is 3.44. The number of fused-ring (bicyclic) bond motifs is 4. The molecule has 9 heteroatoms. The van der Waals surface area contributed by atoms with Crippen LogP contribution in [0.4, 0.5) is 0 Å². The van der Waals surface area contributed by atoms with Gasteiger partial charge in [0, 0.05) is 24.9 Å². The molecule has 0 N–H and O–H groups in total. The second kappa shape index (κ2) is 7.06. The van der Waals surface area contributed by atoms with E-state index in [0.29, 0.717) is 29.0 Å². The van der Waals surface area contributed by atoms with Crippen LogP contribution in [0.5, 0.6) is 0 Å². The smallest absolute Gasteiger partial charge is 0.261 e. The van der Waals surface area contributed by atoms with Crippen molar-refractivity contribution in [3.63, 3.8) is 0 Å². The number of rotatable bonds is 4. The molecule has 2 amide bonds. The lowest BCUT2D eigenvalue weighted by Gasteiger charge is -2.11. The minimum atomic E-state index is -0.275. The van der Waals surface area contributed by atoms with E-state index in [1.54, 1.807) is 47.5 Å². The van der Waals surface area contributed by atoms with Crippen molar-refractivity contribution in [2.24, 2.45) is 0 Å². The number of pyridine rings is 1. The van der Waals surface area contributed by atoms with Crippen LogP contribution in [0.2, 0.25) is 0 Å². The molecule has 1 aromatic carbocycles. The van der Waals surface area contributed by atoms with Gasteiger partial charge in [-0.15, -0.1) is 5.10 Å². The van der Waals surface area contributed by atoms with E-state index in [1.165, 1.54) is 4.90 Å². The molecule has 0 unspecified atom stereocenters. The lowest BCUT2D eigenvalue weighted by Crippen LogP contribution is -2.31. The van der Waals surface area contributed by atoms with E-state index in [9.17, 15) is 9.59 Å². The van der Waals surface area contributed by atoms with Gasteiger partial charge in [-0.25, -0.2) is 14.5 Å². The van der Waals surface area contributed by atoms with Crippen LogP contribution in [-0.2, 0) is 6.42 Å². The minimum Gasteiger partial charge on any atom is -0.297 e. The highest BCUT2D eigenvalue weighted by atomic mass is 16.2. The molecule has 0 spiro atoms. The van der Waals surface area contributed by atoms with E-state index in [0.717, 1.165) is 28.0 Å². The summed E-state index contributed by atoms with van der Waals surface area (Å²) in [6, 6.07) is 10.8. The molecule has 0 saturated heterocycles. The molecule has 0 atom stereocenters. The van der Waals surface area contributed by atoms with Crippen molar-refractivity contribution in [1.82, 2.24) is 34.0 Å². The summed E-state index contributed by atoms with van der Waals surface area (Å²) in [5, 5.41) is 5.46. The Kier molecular flexibility index (Phi) is 4.13. The molecule has 162 valence electrons. The van der Waals surface area contributed by atoms with Crippen LogP contribution >= 0.6 is 0 Å². The Morgan fingerprint density at radius 3 is 2.39 bits per heavy atom. The number of nitrogens with zero attached hydrogens (tertiary/aromatic N) is 7. The molecule has 0 radical (unpaired) electrons. The van der Waals surface area contributed by atoms with E-state index in [1.807, 2.05) is 26.0 Å². The molecule has 5 heterocycles. The summed E-state index contributed by atoms with van der Waals surface area (Å²) in [6.45, 7) is 4.30. The molecule has 6 rings (SSSR count). The standard InChI is InChI=1S/C24H19N7O2/c1-14-15(2)31(16-6-5-10-25-12-16)21-20(14)22-27-19(28-30(22)13-26-21)9-11-29-23(32)17-7-3-4-8-18(17)24(29)33/h3-8,10,12-13H,9,11H2,1-2H3. The average molecular weight is 437 g/mol. The van der Waals surface area contributed by atoms with Crippen LogP contribution in [0.1, 0.15) is 37.8 Å². The number of benzene rings is 1. The zero-order valence-corrected chi connectivity index (χ0v) is 18.1. The van der Waals surface area contributed by atoms with Gasteiger partial charge in [-0.1, -0.05) is 12.1 Å². The van der Waals surface area contributed by atoms with Gasteiger partial charge in [-0.05, 0) is 43.7 Å². The van der Waals surface area contributed by atoms with Gasteiger partial charge in [-0.2, -0.15) is 0 Å². The Bertz CT molecular complexity index is 1550. The van der Waals surface area contributed by atoms with E-state index >= 15 is 0 Å². The largest absolute Gasteiger partial charge is 0.297 e. The van der Waals surface area contributed by atoms with Crippen molar-refractivity contribution < 1.29 is 9.59 Å². The molecule has 0 saturated carbocycles. The summed E-state index contributed by atoms with van der Waals surface area (Å²) in [6.07, 6.45) is 5.54. The van der Waals surface area contributed by atoms with E-state index in [-0.39, 0.29) is 18.4 Å². The molecule has 1 aliphatic rings. The van der Waals surface area contributed by atoms with Crippen molar-refractivity contribution in [3.05, 3.63) is 83.3 Å². The highest BCUT2D eigenvalue weighted by molar-refractivity contribution is 6.21. The number of aryl methyl sites for hydroxylation is 1. The number of hydrogen-bond acceptors (Lipinski definition) is 6. The van der Waals surface area contributed by atoms with Gasteiger partial charge >= 0.3 is 0 Å². The number of hydrogen-bond donors (Lipinski definition) is 0. The van der Waals surface area contributed by atoms with Crippen LogP contribution in [-0.4, -0.2) is 52.4 Å². The second-order valence-electron chi connectivity index (χ2n) is 8.05. The van der Waals surface area contributed by atoms with Gasteiger partial charge in [0.25, 0.3) is 11.8 Å². The Morgan fingerprint density at radius 2 is 1.70 bits per heavy atom. The Labute approximate surface area is 188 Å². The maximum absolute atomic E-state index is 12.6.